The van der Waals surface area contributed by atoms with E-state index in [9.17, 15) is 20.0 Å². The van der Waals surface area contributed by atoms with E-state index >= 15 is 0 Å². The van der Waals surface area contributed by atoms with Gasteiger partial charge in [0.25, 0.3) is 11.6 Å². The Morgan fingerprint density at radius 2 is 2.14 bits per heavy atom. The van der Waals surface area contributed by atoms with Crippen molar-refractivity contribution in [2.24, 2.45) is 11.8 Å². The van der Waals surface area contributed by atoms with Crippen LogP contribution in [-0.2, 0) is 0 Å². The molecule has 1 aromatic rings. The van der Waals surface area contributed by atoms with Crippen LogP contribution in [0.25, 0.3) is 0 Å². The first kappa shape index (κ1) is 13.8. The molecular weight excluding hydrogens is 274 g/mol. The third-order valence-electron chi connectivity index (χ3n) is 4.58. The number of rotatable bonds is 2. The van der Waals surface area contributed by atoms with Gasteiger partial charge in [-0.1, -0.05) is 0 Å². The Balaban J connectivity index is 1.77. The van der Waals surface area contributed by atoms with Gasteiger partial charge in [-0.25, -0.2) is 0 Å². The van der Waals surface area contributed by atoms with Crippen LogP contribution in [0.5, 0.6) is 0 Å². The summed E-state index contributed by atoms with van der Waals surface area (Å²) in [6, 6.07) is 4.04. The molecular formula is C14H17N3O4. The number of hydrogen-bond acceptors (Lipinski definition) is 5. The highest BCUT2D eigenvalue weighted by Crippen LogP contribution is 2.38. The molecule has 21 heavy (non-hydrogen) atoms. The number of nitro groups is 1. The summed E-state index contributed by atoms with van der Waals surface area (Å²) >= 11 is 0. The number of amides is 1. The van der Waals surface area contributed by atoms with Crippen LogP contribution in [-0.4, -0.2) is 40.0 Å². The molecule has 2 aliphatic rings. The second-order valence-corrected chi connectivity index (χ2v) is 5.81. The van der Waals surface area contributed by atoms with E-state index in [1.807, 2.05) is 0 Å². The second kappa shape index (κ2) is 5.00. The number of aliphatic hydroxyl groups excluding tert-OH is 1. The number of carbonyl (C=O) groups excluding carboxylic acids is 1. The van der Waals surface area contributed by atoms with Gasteiger partial charge in [0.1, 0.15) is 5.69 Å². The van der Waals surface area contributed by atoms with E-state index in [1.165, 1.54) is 18.2 Å². The Kier molecular flexibility index (Phi) is 3.29. The van der Waals surface area contributed by atoms with Crippen molar-refractivity contribution in [3.05, 3.63) is 33.9 Å². The van der Waals surface area contributed by atoms with Gasteiger partial charge in [0.2, 0.25) is 0 Å². The Morgan fingerprint density at radius 3 is 2.76 bits per heavy atom. The van der Waals surface area contributed by atoms with Crippen molar-refractivity contribution in [1.29, 1.82) is 0 Å². The fraction of sp³-hybridized carbons (Fsp3) is 0.500. The number of carbonyl (C=O) groups is 1. The summed E-state index contributed by atoms with van der Waals surface area (Å²) in [5.41, 5.74) is 5.77. The topological polar surface area (TPSA) is 110 Å². The zero-order valence-electron chi connectivity index (χ0n) is 11.4. The Morgan fingerprint density at radius 1 is 1.38 bits per heavy atom. The maximum Gasteiger partial charge on any atom is 0.292 e. The third kappa shape index (κ3) is 2.33. The van der Waals surface area contributed by atoms with Gasteiger partial charge in [-0.3, -0.25) is 14.9 Å². The number of aliphatic hydroxyl groups is 1. The van der Waals surface area contributed by atoms with Gasteiger partial charge in [-0.15, -0.1) is 0 Å². The molecule has 3 rings (SSSR count). The Hall–Kier alpha value is -2.15. The number of nitrogens with zero attached hydrogens (tertiary/aromatic N) is 2. The molecule has 1 aliphatic heterocycles. The molecule has 0 spiro atoms. The minimum Gasteiger partial charge on any atom is -0.393 e. The standard InChI is InChI=1S/C14H17N3O4/c15-11-5-8(1-3-12(11)17(20)21)14(19)16-6-9-2-4-13(18)10(9)7-16/h1,3,5,9-10,13,18H,2,4,6-7,15H2. The Labute approximate surface area is 121 Å². The van der Waals surface area contributed by atoms with E-state index < -0.39 is 4.92 Å². The zero-order valence-corrected chi connectivity index (χ0v) is 11.4. The molecule has 1 aromatic carbocycles. The smallest absolute Gasteiger partial charge is 0.292 e. The van der Waals surface area contributed by atoms with Crippen molar-refractivity contribution < 1.29 is 14.8 Å². The van der Waals surface area contributed by atoms with Gasteiger partial charge >= 0.3 is 0 Å². The van der Waals surface area contributed by atoms with Crippen LogP contribution < -0.4 is 5.73 Å². The normalized spacial score (nSPS) is 27.7. The molecule has 1 heterocycles. The summed E-state index contributed by atoms with van der Waals surface area (Å²) in [5, 5.41) is 20.6. The molecule has 3 atom stereocenters. The Bertz CT molecular complexity index is 604. The maximum atomic E-state index is 12.4. The predicted molar refractivity (Wildman–Crippen MR) is 75.6 cm³/mol. The van der Waals surface area contributed by atoms with E-state index in [0.717, 1.165) is 12.8 Å². The number of nitrogen functional groups attached to an aromatic ring is 1. The summed E-state index contributed by atoms with van der Waals surface area (Å²) in [4.78, 5) is 24.3. The second-order valence-electron chi connectivity index (χ2n) is 5.81. The van der Waals surface area contributed by atoms with Gasteiger partial charge in [0.05, 0.1) is 11.0 Å². The van der Waals surface area contributed by atoms with Crippen molar-refractivity contribution >= 4 is 17.3 Å². The molecule has 0 bridgehead atoms. The maximum absolute atomic E-state index is 12.4. The number of hydrogen-bond donors (Lipinski definition) is 2. The summed E-state index contributed by atoms with van der Waals surface area (Å²) in [5.74, 6) is 0.335. The van der Waals surface area contributed by atoms with Crippen LogP contribution in [0.4, 0.5) is 11.4 Å². The summed E-state index contributed by atoms with van der Waals surface area (Å²) in [6.07, 6.45) is 1.43. The summed E-state index contributed by atoms with van der Waals surface area (Å²) in [6.45, 7) is 1.18. The quantitative estimate of drug-likeness (QED) is 0.480. The molecule has 0 radical (unpaired) electrons. The number of fused-ring (bicyclic) bond motifs is 1. The average Bonchev–Trinajstić information content (AvgIpc) is 3.00. The molecule has 2 fully saturated rings. The lowest BCUT2D eigenvalue weighted by Crippen LogP contribution is -2.31. The van der Waals surface area contributed by atoms with Gasteiger partial charge in [-0.2, -0.15) is 0 Å². The lowest BCUT2D eigenvalue weighted by atomic mass is 10.00. The highest BCUT2D eigenvalue weighted by atomic mass is 16.6. The van der Waals surface area contributed by atoms with Gasteiger partial charge in [0.15, 0.2) is 0 Å². The van der Waals surface area contributed by atoms with Crippen LogP contribution in [0.15, 0.2) is 18.2 Å². The largest absolute Gasteiger partial charge is 0.393 e. The van der Waals surface area contributed by atoms with E-state index in [1.54, 1.807) is 4.90 Å². The minimum absolute atomic E-state index is 0.00900. The van der Waals surface area contributed by atoms with Crippen LogP contribution >= 0.6 is 0 Å². The van der Waals surface area contributed by atoms with Crippen molar-refractivity contribution in [3.63, 3.8) is 0 Å². The van der Waals surface area contributed by atoms with Gasteiger partial charge in [-0.05, 0) is 30.9 Å². The number of nitrogens with two attached hydrogens (primary N) is 1. The minimum atomic E-state index is -0.569. The van der Waals surface area contributed by atoms with Crippen LogP contribution in [0.1, 0.15) is 23.2 Å². The fourth-order valence-corrected chi connectivity index (χ4v) is 3.44. The van der Waals surface area contributed by atoms with Gasteiger partial charge < -0.3 is 15.7 Å². The van der Waals surface area contributed by atoms with Crippen molar-refractivity contribution in [2.75, 3.05) is 18.8 Å². The first-order valence-electron chi connectivity index (χ1n) is 6.98. The molecule has 3 N–H and O–H groups in total. The average molecular weight is 291 g/mol. The number of nitro benzene ring substituents is 1. The molecule has 1 saturated heterocycles. The molecule has 1 saturated carbocycles. The van der Waals surface area contributed by atoms with Crippen LogP contribution in [0.3, 0.4) is 0 Å². The van der Waals surface area contributed by atoms with E-state index in [0.29, 0.717) is 24.6 Å². The van der Waals surface area contributed by atoms with E-state index in [2.05, 4.69) is 0 Å². The van der Waals surface area contributed by atoms with E-state index in [-0.39, 0.29) is 29.3 Å². The molecule has 1 amide bonds. The fourth-order valence-electron chi connectivity index (χ4n) is 3.44. The SMILES string of the molecule is Nc1cc(C(=O)N2CC3CCC(O)C3C2)ccc1[N+](=O)[O-]. The zero-order chi connectivity index (χ0) is 15.1. The molecule has 7 nitrogen and oxygen atoms in total. The molecule has 7 heteroatoms. The van der Waals surface area contributed by atoms with Crippen molar-refractivity contribution in [1.82, 2.24) is 4.90 Å². The first-order chi connectivity index (χ1) is 9.97. The van der Waals surface area contributed by atoms with Crippen molar-refractivity contribution in [2.45, 2.75) is 18.9 Å². The molecule has 112 valence electrons. The number of benzene rings is 1. The van der Waals surface area contributed by atoms with Gasteiger partial charge in [0, 0.05) is 30.6 Å². The highest BCUT2D eigenvalue weighted by molar-refractivity contribution is 5.96. The third-order valence-corrected chi connectivity index (χ3v) is 4.58. The van der Waals surface area contributed by atoms with Crippen LogP contribution in [0, 0.1) is 22.0 Å². The molecule has 1 aliphatic carbocycles. The number of likely N-dealkylation sites (tertiary alicyclic amines) is 1. The first-order valence-corrected chi connectivity index (χ1v) is 6.98. The van der Waals surface area contributed by atoms with E-state index in [4.69, 9.17) is 5.73 Å². The molecule has 3 unspecified atom stereocenters. The number of anilines is 1. The summed E-state index contributed by atoms with van der Waals surface area (Å²) < 4.78 is 0. The monoisotopic (exact) mass is 291 g/mol. The lowest BCUT2D eigenvalue weighted by Gasteiger charge is -2.18. The van der Waals surface area contributed by atoms with Crippen molar-refractivity contribution in [3.8, 4) is 0 Å². The molecule has 0 aromatic heterocycles. The predicted octanol–water partition coefficient (Wildman–Crippen LogP) is 1.02. The summed E-state index contributed by atoms with van der Waals surface area (Å²) in [7, 11) is 0. The lowest BCUT2D eigenvalue weighted by molar-refractivity contribution is -0.383. The van der Waals surface area contributed by atoms with Crippen LogP contribution in [0.2, 0.25) is 0 Å². The highest BCUT2D eigenvalue weighted by Gasteiger charge is 2.43.